The average Bonchev–Trinajstić information content (AvgIpc) is 2.89. The van der Waals surface area contributed by atoms with Gasteiger partial charge in [0.25, 0.3) is 0 Å². The fourth-order valence-corrected chi connectivity index (χ4v) is 6.29. The van der Waals surface area contributed by atoms with Crippen molar-refractivity contribution in [1.29, 1.82) is 10.8 Å². The highest BCUT2D eigenvalue weighted by molar-refractivity contribution is 7.47. The molecule has 0 saturated heterocycles. The Hall–Kier alpha value is -0.560. The second-order valence-corrected chi connectivity index (χ2v) is 16.0. The van der Waals surface area contributed by atoms with Crippen LogP contribution in [0.4, 0.5) is 0 Å². The second kappa shape index (κ2) is 27.2. The standard InChI is InChI=1S/C31H64N2O11P2.CH4/c1-30(2,3)43-45(34,35)41-21-14-9-7-8-11-16-28(32)17-12-10-13-18-29(33)19-15-20-38-22-23-39-24-25-40-26-27-42-46(36,37)44-31(4,5)6;/h32-33H,7-27H2,1-6H3,(H,34,35)(H,36,37);1H4. The number of hydrogen-bond donors (Lipinski definition) is 4. The summed E-state index contributed by atoms with van der Waals surface area (Å²) in [5.74, 6) is 0. The molecule has 0 heterocycles. The van der Waals surface area contributed by atoms with E-state index < -0.39 is 26.8 Å². The van der Waals surface area contributed by atoms with Crippen molar-refractivity contribution in [2.24, 2.45) is 0 Å². The Morgan fingerprint density at radius 3 is 1.26 bits per heavy atom. The summed E-state index contributed by atoms with van der Waals surface area (Å²) < 4.78 is 59.7. The summed E-state index contributed by atoms with van der Waals surface area (Å²) in [6, 6.07) is 0. The number of ether oxygens (including phenoxy) is 3. The highest BCUT2D eigenvalue weighted by Crippen LogP contribution is 2.47. The molecule has 0 rings (SSSR count). The summed E-state index contributed by atoms with van der Waals surface area (Å²) in [5.41, 5.74) is 0.0288. The third kappa shape index (κ3) is 36.5. The SMILES string of the molecule is C.CC(C)(C)OP(=O)(O)OCCCCCCCC(=N)CCCCCC(=N)CCCOCCOCCOCCOP(=O)(O)OC(C)(C)C. The first kappa shape index (κ1) is 48.6. The second-order valence-electron chi connectivity index (χ2n) is 13.2. The van der Waals surface area contributed by atoms with Gasteiger partial charge >= 0.3 is 15.6 Å². The van der Waals surface area contributed by atoms with Crippen LogP contribution in [0.5, 0.6) is 0 Å². The quantitative estimate of drug-likeness (QED) is 0.0305. The molecule has 0 aromatic carbocycles. The predicted molar refractivity (Wildman–Crippen MR) is 188 cm³/mol. The van der Waals surface area contributed by atoms with Gasteiger partial charge in [-0.25, -0.2) is 9.13 Å². The van der Waals surface area contributed by atoms with Crippen molar-refractivity contribution in [3.63, 3.8) is 0 Å². The van der Waals surface area contributed by atoms with Crippen LogP contribution < -0.4 is 0 Å². The Morgan fingerprint density at radius 1 is 0.489 bits per heavy atom. The van der Waals surface area contributed by atoms with E-state index in [0.717, 1.165) is 88.5 Å². The third-order valence-electron chi connectivity index (χ3n) is 6.11. The minimum Gasteiger partial charge on any atom is -0.379 e. The molecule has 13 nitrogen and oxygen atoms in total. The van der Waals surface area contributed by atoms with Crippen LogP contribution in [-0.2, 0) is 41.4 Å². The molecule has 0 saturated carbocycles. The molecular formula is C32H68N2O11P2. The van der Waals surface area contributed by atoms with Gasteiger partial charge in [0.2, 0.25) is 0 Å². The van der Waals surface area contributed by atoms with Crippen molar-refractivity contribution < 1.29 is 51.2 Å². The molecule has 0 bridgehead atoms. The Bertz CT molecular complexity index is 908. The lowest BCUT2D eigenvalue weighted by atomic mass is 10.0. The average molecular weight is 719 g/mol. The molecule has 0 amide bonds. The molecule has 2 unspecified atom stereocenters. The molecule has 0 aromatic rings. The number of phosphoric acid groups is 2. The van der Waals surface area contributed by atoms with Gasteiger partial charge in [0.05, 0.1) is 57.5 Å². The highest BCUT2D eigenvalue weighted by Gasteiger charge is 2.29. The molecule has 282 valence electrons. The van der Waals surface area contributed by atoms with E-state index in [1.807, 2.05) is 0 Å². The monoisotopic (exact) mass is 718 g/mol. The van der Waals surface area contributed by atoms with Gasteiger partial charge in [-0.05, 0) is 99.3 Å². The molecule has 47 heavy (non-hydrogen) atoms. The number of unbranched alkanes of at least 4 members (excludes halogenated alkanes) is 6. The fourth-order valence-electron chi connectivity index (χ4n) is 4.14. The number of rotatable bonds is 31. The van der Waals surface area contributed by atoms with Gasteiger partial charge < -0.3 is 34.8 Å². The van der Waals surface area contributed by atoms with Crippen molar-refractivity contribution >= 4 is 27.1 Å². The van der Waals surface area contributed by atoms with Crippen molar-refractivity contribution in [2.75, 3.05) is 52.9 Å². The maximum absolute atomic E-state index is 11.8. The smallest absolute Gasteiger partial charge is 0.379 e. The molecule has 0 radical (unpaired) electrons. The zero-order valence-electron chi connectivity index (χ0n) is 29.3. The molecule has 0 aliphatic rings. The summed E-state index contributed by atoms with van der Waals surface area (Å²) in [6.07, 6.45) is 11.6. The van der Waals surface area contributed by atoms with Crippen LogP contribution in [0.15, 0.2) is 0 Å². The normalized spacial score (nSPS) is 14.7. The Morgan fingerprint density at radius 2 is 0.809 bits per heavy atom. The van der Waals surface area contributed by atoms with Crippen LogP contribution in [0.1, 0.15) is 132 Å². The van der Waals surface area contributed by atoms with E-state index >= 15 is 0 Å². The zero-order valence-corrected chi connectivity index (χ0v) is 31.1. The van der Waals surface area contributed by atoms with Gasteiger partial charge in [-0.2, -0.15) is 0 Å². The summed E-state index contributed by atoms with van der Waals surface area (Å²) in [7, 11) is -8.08. The Kier molecular flexibility index (Phi) is 28.1. The Balaban J connectivity index is 0. The van der Waals surface area contributed by atoms with E-state index in [2.05, 4.69) is 0 Å². The van der Waals surface area contributed by atoms with Crippen molar-refractivity contribution in [3.8, 4) is 0 Å². The van der Waals surface area contributed by atoms with Crippen molar-refractivity contribution in [1.82, 2.24) is 0 Å². The summed E-state index contributed by atoms with van der Waals surface area (Å²) in [4.78, 5) is 19.2. The molecular weight excluding hydrogens is 650 g/mol. The maximum Gasteiger partial charge on any atom is 0.472 e. The van der Waals surface area contributed by atoms with E-state index in [0.29, 0.717) is 39.5 Å². The topological polar surface area (TPSA) is 187 Å². The van der Waals surface area contributed by atoms with E-state index in [9.17, 15) is 18.9 Å². The molecule has 15 heteroatoms. The summed E-state index contributed by atoms with van der Waals surface area (Å²) in [6.45, 7) is 12.7. The van der Waals surface area contributed by atoms with E-state index in [-0.39, 0.29) is 27.2 Å². The summed E-state index contributed by atoms with van der Waals surface area (Å²) in [5, 5.41) is 16.3. The minimum absolute atomic E-state index is 0. The van der Waals surface area contributed by atoms with E-state index in [1.54, 1.807) is 41.5 Å². The van der Waals surface area contributed by atoms with Gasteiger partial charge in [-0.1, -0.05) is 33.1 Å². The van der Waals surface area contributed by atoms with Gasteiger partial charge in [-0.3, -0.25) is 18.1 Å². The van der Waals surface area contributed by atoms with Crippen LogP contribution in [-0.4, -0.2) is 85.3 Å². The number of nitrogens with one attached hydrogen (secondary N) is 2. The van der Waals surface area contributed by atoms with Crippen LogP contribution >= 0.6 is 15.6 Å². The first-order valence-electron chi connectivity index (χ1n) is 16.6. The van der Waals surface area contributed by atoms with Gasteiger partial charge in [0.15, 0.2) is 0 Å². The highest BCUT2D eigenvalue weighted by atomic mass is 31.2. The molecule has 0 aliphatic carbocycles. The number of phosphoric ester groups is 2. The molecule has 0 aromatic heterocycles. The van der Waals surface area contributed by atoms with Gasteiger partial charge in [0, 0.05) is 18.0 Å². The molecule has 0 fully saturated rings. The van der Waals surface area contributed by atoms with Gasteiger partial charge in [0.1, 0.15) is 0 Å². The van der Waals surface area contributed by atoms with Crippen molar-refractivity contribution in [2.45, 2.75) is 144 Å². The number of hydrogen-bond acceptors (Lipinski definition) is 11. The van der Waals surface area contributed by atoms with Crippen LogP contribution in [0.3, 0.4) is 0 Å². The lowest BCUT2D eigenvalue weighted by molar-refractivity contribution is 0.00286. The third-order valence-corrected chi connectivity index (χ3v) is 8.68. The minimum atomic E-state index is -4.09. The maximum atomic E-state index is 11.8. The zero-order chi connectivity index (χ0) is 35.0. The summed E-state index contributed by atoms with van der Waals surface area (Å²) >= 11 is 0. The van der Waals surface area contributed by atoms with E-state index in [4.69, 9.17) is 43.1 Å². The lowest BCUT2D eigenvalue weighted by Gasteiger charge is -2.22. The van der Waals surface area contributed by atoms with Crippen LogP contribution in [0.2, 0.25) is 0 Å². The first-order chi connectivity index (χ1) is 21.4. The van der Waals surface area contributed by atoms with Gasteiger partial charge in [-0.15, -0.1) is 0 Å². The lowest BCUT2D eigenvalue weighted by Crippen LogP contribution is -2.19. The molecule has 0 aliphatic heterocycles. The molecule has 0 spiro atoms. The largest absolute Gasteiger partial charge is 0.472 e. The van der Waals surface area contributed by atoms with Crippen LogP contribution in [0, 0.1) is 10.8 Å². The van der Waals surface area contributed by atoms with E-state index in [1.165, 1.54) is 0 Å². The molecule has 2 atom stereocenters. The van der Waals surface area contributed by atoms with Crippen molar-refractivity contribution in [3.05, 3.63) is 0 Å². The first-order valence-corrected chi connectivity index (χ1v) is 19.6. The molecule has 4 N–H and O–H groups in total. The Labute approximate surface area is 285 Å². The predicted octanol–water partition coefficient (Wildman–Crippen LogP) is 8.65. The fraction of sp³-hybridized carbons (Fsp3) is 0.938. The van der Waals surface area contributed by atoms with Crippen LogP contribution in [0.25, 0.3) is 0 Å².